The first-order valence-corrected chi connectivity index (χ1v) is 6.65. The maximum absolute atomic E-state index is 10.3. The summed E-state index contributed by atoms with van der Waals surface area (Å²) in [5, 5.41) is 13.6. The fourth-order valence-electron chi connectivity index (χ4n) is 2.33. The maximum atomic E-state index is 10.3. The highest BCUT2D eigenvalue weighted by Gasteiger charge is 2.26. The lowest BCUT2D eigenvalue weighted by atomic mass is 9.85. The lowest BCUT2D eigenvalue weighted by molar-refractivity contribution is -0.00462. The average Bonchev–Trinajstić information content (AvgIpc) is 2.25. The van der Waals surface area contributed by atoms with Gasteiger partial charge in [-0.05, 0) is 58.0 Å². The largest absolute Gasteiger partial charge is 0.390 e. The molecule has 0 aromatic heterocycles. The van der Waals surface area contributed by atoms with Crippen molar-refractivity contribution in [2.24, 2.45) is 5.92 Å². The van der Waals surface area contributed by atoms with Crippen molar-refractivity contribution in [3.05, 3.63) is 0 Å². The van der Waals surface area contributed by atoms with Gasteiger partial charge in [-0.15, -0.1) is 0 Å². The summed E-state index contributed by atoms with van der Waals surface area (Å²) in [6.45, 7) is 7.84. The van der Waals surface area contributed by atoms with E-state index in [-0.39, 0.29) is 0 Å². The molecular weight excluding hydrogens is 202 g/mol. The van der Waals surface area contributed by atoms with E-state index in [0.29, 0.717) is 5.92 Å². The van der Waals surface area contributed by atoms with Gasteiger partial charge in [-0.3, -0.25) is 0 Å². The van der Waals surface area contributed by atoms with Crippen LogP contribution in [-0.2, 0) is 4.74 Å². The molecule has 96 valence electrons. The number of nitrogens with one attached hydrogen (secondary N) is 1. The van der Waals surface area contributed by atoms with Gasteiger partial charge in [0.25, 0.3) is 0 Å². The predicted octanol–water partition coefficient (Wildman–Crippen LogP) is 1.94. The number of rotatable bonds is 7. The summed E-state index contributed by atoms with van der Waals surface area (Å²) in [4.78, 5) is 0. The van der Waals surface area contributed by atoms with Crippen molar-refractivity contribution >= 4 is 0 Å². The van der Waals surface area contributed by atoms with Crippen LogP contribution in [0.25, 0.3) is 0 Å². The Balaban J connectivity index is 2.16. The Hall–Kier alpha value is -0.120. The minimum atomic E-state index is -0.511. The van der Waals surface area contributed by atoms with Gasteiger partial charge in [-0.25, -0.2) is 0 Å². The van der Waals surface area contributed by atoms with Gasteiger partial charge in [0, 0.05) is 13.2 Å². The second-order valence-electron chi connectivity index (χ2n) is 5.26. The Kier molecular flexibility index (Phi) is 6.32. The molecular formula is C13H27NO2. The third-order valence-corrected chi connectivity index (χ3v) is 3.34. The summed E-state index contributed by atoms with van der Waals surface area (Å²) < 4.78 is 5.33. The van der Waals surface area contributed by atoms with Crippen LogP contribution in [0.3, 0.4) is 0 Å². The van der Waals surface area contributed by atoms with Crippen molar-refractivity contribution < 1.29 is 9.84 Å². The molecule has 0 spiro atoms. The van der Waals surface area contributed by atoms with Gasteiger partial charge in [-0.1, -0.05) is 6.92 Å². The zero-order valence-electron chi connectivity index (χ0n) is 10.8. The normalized spacial score (nSPS) is 21.9. The molecule has 1 rings (SSSR count). The van der Waals surface area contributed by atoms with Crippen molar-refractivity contribution in [1.29, 1.82) is 0 Å². The van der Waals surface area contributed by atoms with Crippen LogP contribution in [0.5, 0.6) is 0 Å². The molecule has 1 heterocycles. The lowest BCUT2D eigenvalue weighted by Gasteiger charge is -2.30. The van der Waals surface area contributed by atoms with E-state index in [1.165, 1.54) is 0 Å². The zero-order chi connectivity index (χ0) is 11.9. The second kappa shape index (κ2) is 7.25. The Labute approximate surface area is 99.6 Å². The molecule has 0 aliphatic carbocycles. The summed E-state index contributed by atoms with van der Waals surface area (Å²) in [6.07, 6.45) is 5.15. The molecule has 2 N–H and O–H groups in total. The average molecular weight is 229 g/mol. The predicted molar refractivity (Wildman–Crippen MR) is 66.6 cm³/mol. The first kappa shape index (κ1) is 13.9. The van der Waals surface area contributed by atoms with Crippen LogP contribution in [0, 0.1) is 5.92 Å². The highest BCUT2D eigenvalue weighted by Crippen LogP contribution is 2.27. The van der Waals surface area contributed by atoms with Crippen LogP contribution in [0.1, 0.15) is 46.0 Å². The molecule has 0 radical (unpaired) electrons. The maximum Gasteiger partial charge on any atom is 0.0634 e. The summed E-state index contributed by atoms with van der Waals surface area (Å²) >= 11 is 0. The van der Waals surface area contributed by atoms with E-state index >= 15 is 0 Å². The Bertz CT molecular complexity index is 177. The van der Waals surface area contributed by atoms with Crippen molar-refractivity contribution in [2.75, 3.05) is 26.3 Å². The quantitative estimate of drug-likeness (QED) is 0.656. The van der Waals surface area contributed by atoms with Crippen molar-refractivity contribution in [1.82, 2.24) is 5.32 Å². The molecule has 1 atom stereocenters. The van der Waals surface area contributed by atoms with Crippen LogP contribution in [0.15, 0.2) is 0 Å². The minimum Gasteiger partial charge on any atom is -0.390 e. The summed E-state index contributed by atoms with van der Waals surface area (Å²) in [5.74, 6) is 0.648. The smallest absolute Gasteiger partial charge is 0.0634 e. The summed E-state index contributed by atoms with van der Waals surface area (Å²) in [5.41, 5.74) is -0.511. The fourth-order valence-corrected chi connectivity index (χ4v) is 2.33. The SMILES string of the molecule is CCCNCCC(C)(O)CC1CCOCC1. The molecule has 0 bridgehead atoms. The van der Waals surface area contributed by atoms with Crippen LogP contribution < -0.4 is 5.32 Å². The van der Waals surface area contributed by atoms with E-state index in [4.69, 9.17) is 4.74 Å². The molecule has 3 heteroatoms. The molecule has 1 saturated heterocycles. The van der Waals surface area contributed by atoms with Crippen molar-refractivity contribution in [3.8, 4) is 0 Å². The van der Waals surface area contributed by atoms with Crippen molar-refractivity contribution in [2.45, 2.75) is 51.6 Å². The molecule has 1 unspecified atom stereocenters. The summed E-state index contributed by atoms with van der Waals surface area (Å²) in [6, 6.07) is 0. The Morgan fingerprint density at radius 1 is 1.31 bits per heavy atom. The van der Waals surface area contributed by atoms with E-state index in [0.717, 1.165) is 58.4 Å². The Morgan fingerprint density at radius 3 is 2.62 bits per heavy atom. The van der Waals surface area contributed by atoms with Crippen LogP contribution in [0.4, 0.5) is 0 Å². The fraction of sp³-hybridized carbons (Fsp3) is 1.00. The van der Waals surface area contributed by atoms with E-state index < -0.39 is 5.60 Å². The van der Waals surface area contributed by atoms with E-state index in [9.17, 15) is 5.11 Å². The lowest BCUT2D eigenvalue weighted by Crippen LogP contribution is -2.34. The molecule has 0 saturated carbocycles. The zero-order valence-corrected chi connectivity index (χ0v) is 10.8. The van der Waals surface area contributed by atoms with Gasteiger partial charge in [0.15, 0.2) is 0 Å². The minimum absolute atomic E-state index is 0.511. The topological polar surface area (TPSA) is 41.5 Å². The molecule has 1 aliphatic heterocycles. The highest BCUT2D eigenvalue weighted by molar-refractivity contribution is 4.79. The van der Waals surface area contributed by atoms with E-state index in [2.05, 4.69) is 12.2 Å². The number of hydrogen-bond donors (Lipinski definition) is 2. The molecule has 0 aromatic rings. The van der Waals surface area contributed by atoms with E-state index in [1.54, 1.807) is 0 Å². The van der Waals surface area contributed by atoms with Crippen LogP contribution >= 0.6 is 0 Å². The molecule has 0 amide bonds. The standard InChI is InChI=1S/C13H27NO2/c1-3-7-14-8-6-13(2,15)11-12-4-9-16-10-5-12/h12,14-15H,3-11H2,1-2H3. The monoisotopic (exact) mass is 229 g/mol. The van der Waals surface area contributed by atoms with Gasteiger partial charge in [0.1, 0.15) is 0 Å². The molecule has 0 aromatic carbocycles. The second-order valence-corrected chi connectivity index (χ2v) is 5.26. The van der Waals surface area contributed by atoms with Crippen molar-refractivity contribution in [3.63, 3.8) is 0 Å². The third-order valence-electron chi connectivity index (χ3n) is 3.34. The van der Waals surface area contributed by atoms with Gasteiger partial charge >= 0.3 is 0 Å². The van der Waals surface area contributed by atoms with Crippen LogP contribution in [-0.4, -0.2) is 37.0 Å². The van der Waals surface area contributed by atoms with Crippen LogP contribution in [0.2, 0.25) is 0 Å². The number of ether oxygens (including phenoxy) is 1. The first-order valence-electron chi connectivity index (χ1n) is 6.65. The van der Waals surface area contributed by atoms with Gasteiger partial charge < -0.3 is 15.2 Å². The first-order chi connectivity index (χ1) is 7.64. The van der Waals surface area contributed by atoms with Gasteiger partial charge in [-0.2, -0.15) is 0 Å². The van der Waals surface area contributed by atoms with Gasteiger partial charge in [0.2, 0.25) is 0 Å². The van der Waals surface area contributed by atoms with Gasteiger partial charge in [0.05, 0.1) is 5.60 Å². The molecule has 1 aliphatic rings. The molecule has 1 fully saturated rings. The highest BCUT2D eigenvalue weighted by atomic mass is 16.5. The molecule has 16 heavy (non-hydrogen) atoms. The number of hydrogen-bond acceptors (Lipinski definition) is 3. The third kappa shape index (κ3) is 5.83. The number of aliphatic hydroxyl groups is 1. The molecule has 3 nitrogen and oxygen atoms in total. The summed E-state index contributed by atoms with van der Waals surface area (Å²) in [7, 11) is 0. The Morgan fingerprint density at radius 2 is 2.00 bits per heavy atom. The van der Waals surface area contributed by atoms with E-state index in [1.807, 2.05) is 6.92 Å².